The highest BCUT2D eigenvalue weighted by Gasteiger charge is 2.16. The molecule has 0 saturated carbocycles. The normalized spacial score (nSPS) is 14.5. The van der Waals surface area contributed by atoms with Gasteiger partial charge >= 0.3 is 0 Å². The zero-order valence-corrected chi connectivity index (χ0v) is 13.7. The van der Waals surface area contributed by atoms with Gasteiger partial charge in [-0.15, -0.1) is 0 Å². The summed E-state index contributed by atoms with van der Waals surface area (Å²) >= 11 is 6.12. The molecule has 0 atom stereocenters. The minimum absolute atomic E-state index is 0.0269. The van der Waals surface area contributed by atoms with Gasteiger partial charge in [0.1, 0.15) is 5.82 Å². The van der Waals surface area contributed by atoms with Crippen LogP contribution in [0.15, 0.2) is 36.5 Å². The molecule has 0 spiro atoms. The SMILES string of the molecule is O=[N+]([O-])c1ccc(NCc2cccnc2N2CCOCC2)c(Cl)c1. The first kappa shape index (κ1) is 16.5. The Kier molecular flexibility index (Phi) is 5.12. The van der Waals surface area contributed by atoms with Crippen molar-refractivity contribution < 1.29 is 9.66 Å². The number of halogens is 1. The van der Waals surface area contributed by atoms with Gasteiger partial charge in [0.05, 0.1) is 28.8 Å². The van der Waals surface area contributed by atoms with E-state index in [0.29, 0.717) is 30.5 Å². The molecule has 2 heterocycles. The zero-order chi connectivity index (χ0) is 16.9. The maximum atomic E-state index is 10.8. The number of hydrogen-bond acceptors (Lipinski definition) is 6. The summed E-state index contributed by atoms with van der Waals surface area (Å²) in [7, 11) is 0. The molecule has 1 aliphatic rings. The molecule has 1 aliphatic heterocycles. The molecule has 126 valence electrons. The lowest BCUT2D eigenvalue weighted by Gasteiger charge is -2.29. The average Bonchev–Trinajstić information content (AvgIpc) is 2.61. The van der Waals surface area contributed by atoms with Gasteiger partial charge in [-0.1, -0.05) is 17.7 Å². The third kappa shape index (κ3) is 3.74. The maximum absolute atomic E-state index is 10.8. The summed E-state index contributed by atoms with van der Waals surface area (Å²) in [6, 6.07) is 8.28. The van der Waals surface area contributed by atoms with Crippen molar-refractivity contribution in [2.24, 2.45) is 0 Å². The number of non-ortho nitro benzene ring substituents is 1. The van der Waals surface area contributed by atoms with Crippen LogP contribution in [0, 0.1) is 10.1 Å². The fourth-order valence-electron chi connectivity index (χ4n) is 2.58. The molecule has 24 heavy (non-hydrogen) atoms. The van der Waals surface area contributed by atoms with Crippen LogP contribution in [0.4, 0.5) is 17.2 Å². The highest BCUT2D eigenvalue weighted by Crippen LogP contribution is 2.28. The molecule has 1 N–H and O–H groups in total. The maximum Gasteiger partial charge on any atom is 0.271 e. The Hall–Kier alpha value is -2.38. The second kappa shape index (κ2) is 7.46. The third-order valence-corrected chi connectivity index (χ3v) is 4.12. The fourth-order valence-corrected chi connectivity index (χ4v) is 2.82. The van der Waals surface area contributed by atoms with Crippen LogP contribution in [-0.2, 0) is 11.3 Å². The molecule has 7 nitrogen and oxygen atoms in total. The minimum Gasteiger partial charge on any atom is -0.380 e. The van der Waals surface area contributed by atoms with Crippen LogP contribution < -0.4 is 10.2 Å². The van der Waals surface area contributed by atoms with Crippen LogP contribution in [0.2, 0.25) is 5.02 Å². The third-order valence-electron chi connectivity index (χ3n) is 3.81. The molecule has 1 aromatic heterocycles. The summed E-state index contributed by atoms with van der Waals surface area (Å²) in [6.07, 6.45) is 1.77. The number of nitro groups is 1. The molecule has 0 unspecified atom stereocenters. The van der Waals surface area contributed by atoms with Crippen LogP contribution in [-0.4, -0.2) is 36.2 Å². The summed E-state index contributed by atoms with van der Waals surface area (Å²) in [6.45, 7) is 3.53. The Morgan fingerprint density at radius 3 is 2.83 bits per heavy atom. The van der Waals surface area contributed by atoms with Crippen molar-refractivity contribution in [3.05, 3.63) is 57.2 Å². The lowest BCUT2D eigenvalue weighted by Crippen LogP contribution is -2.37. The van der Waals surface area contributed by atoms with Crippen LogP contribution in [0.3, 0.4) is 0 Å². The summed E-state index contributed by atoms with van der Waals surface area (Å²) in [5.74, 6) is 0.923. The van der Waals surface area contributed by atoms with E-state index in [1.165, 1.54) is 12.1 Å². The van der Waals surface area contributed by atoms with Crippen LogP contribution in [0.25, 0.3) is 0 Å². The van der Waals surface area contributed by atoms with Gasteiger partial charge in [-0.3, -0.25) is 10.1 Å². The van der Waals surface area contributed by atoms with Crippen molar-refractivity contribution in [1.29, 1.82) is 0 Å². The Bertz CT molecular complexity index is 735. The smallest absolute Gasteiger partial charge is 0.271 e. The molecule has 8 heteroatoms. The molecule has 2 aromatic rings. The molecule has 0 aliphatic carbocycles. The lowest BCUT2D eigenvalue weighted by atomic mass is 10.2. The van der Waals surface area contributed by atoms with E-state index in [2.05, 4.69) is 15.2 Å². The van der Waals surface area contributed by atoms with Crippen molar-refractivity contribution in [2.45, 2.75) is 6.54 Å². The Balaban J connectivity index is 1.74. The van der Waals surface area contributed by atoms with Gasteiger partial charge in [0, 0.05) is 43.5 Å². The van der Waals surface area contributed by atoms with Crippen LogP contribution in [0.1, 0.15) is 5.56 Å². The quantitative estimate of drug-likeness (QED) is 0.660. The van der Waals surface area contributed by atoms with Crippen LogP contribution >= 0.6 is 11.6 Å². The predicted octanol–water partition coefficient (Wildman–Crippen LogP) is 3.09. The van der Waals surface area contributed by atoms with E-state index in [4.69, 9.17) is 16.3 Å². The molecule has 0 amide bonds. The Morgan fingerprint density at radius 2 is 2.12 bits per heavy atom. The highest BCUT2D eigenvalue weighted by molar-refractivity contribution is 6.33. The predicted molar refractivity (Wildman–Crippen MR) is 92.7 cm³/mol. The molecule has 1 aromatic carbocycles. The molecule has 1 fully saturated rings. The number of ether oxygens (including phenoxy) is 1. The van der Waals surface area contributed by atoms with Gasteiger partial charge in [-0.05, 0) is 12.1 Å². The standard InChI is InChI=1S/C16H17ClN4O3/c17-14-10-13(21(22)23)3-4-15(14)19-11-12-2-1-5-18-16(12)20-6-8-24-9-7-20/h1-5,10,19H,6-9,11H2. The highest BCUT2D eigenvalue weighted by atomic mass is 35.5. The van der Waals surface area contributed by atoms with E-state index in [1.54, 1.807) is 12.3 Å². The van der Waals surface area contributed by atoms with Gasteiger partial charge in [-0.2, -0.15) is 0 Å². The second-order valence-electron chi connectivity index (χ2n) is 5.36. The summed E-state index contributed by atoms with van der Waals surface area (Å²) in [5, 5.41) is 14.3. The zero-order valence-electron chi connectivity index (χ0n) is 12.9. The van der Waals surface area contributed by atoms with Gasteiger partial charge in [0.2, 0.25) is 0 Å². The van der Waals surface area contributed by atoms with Gasteiger partial charge in [-0.25, -0.2) is 4.98 Å². The van der Waals surface area contributed by atoms with Crippen molar-refractivity contribution in [1.82, 2.24) is 4.98 Å². The van der Waals surface area contributed by atoms with Crippen LogP contribution in [0.5, 0.6) is 0 Å². The number of morpholine rings is 1. The van der Waals surface area contributed by atoms with E-state index in [9.17, 15) is 10.1 Å². The number of anilines is 2. The number of benzene rings is 1. The van der Waals surface area contributed by atoms with Crippen molar-refractivity contribution in [3.63, 3.8) is 0 Å². The molecule has 1 saturated heterocycles. The number of nitrogens with zero attached hydrogens (tertiary/aromatic N) is 3. The second-order valence-corrected chi connectivity index (χ2v) is 5.77. The average molecular weight is 349 g/mol. The summed E-state index contributed by atoms with van der Waals surface area (Å²) in [4.78, 5) is 17.0. The van der Waals surface area contributed by atoms with E-state index >= 15 is 0 Å². The number of hydrogen-bond donors (Lipinski definition) is 1. The first-order valence-corrected chi connectivity index (χ1v) is 7.97. The summed E-state index contributed by atoms with van der Waals surface area (Å²) < 4.78 is 5.38. The van der Waals surface area contributed by atoms with E-state index in [1.807, 2.05) is 12.1 Å². The number of pyridine rings is 1. The first-order chi connectivity index (χ1) is 11.6. The van der Waals surface area contributed by atoms with Crippen molar-refractivity contribution >= 4 is 28.8 Å². The first-order valence-electron chi connectivity index (χ1n) is 7.59. The van der Waals surface area contributed by atoms with Crippen molar-refractivity contribution in [3.8, 4) is 0 Å². The lowest BCUT2D eigenvalue weighted by molar-refractivity contribution is -0.384. The van der Waals surface area contributed by atoms with E-state index in [-0.39, 0.29) is 5.69 Å². The molecule has 3 rings (SSSR count). The molecule has 0 bridgehead atoms. The number of nitro benzene ring substituents is 1. The monoisotopic (exact) mass is 348 g/mol. The molecular formula is C16H17ClN4O3. The number of nitrogens with one attached hydrogen (secondary N) is 1. The number of aromatic nitrogens is 1. The molecule has 0 radical (unpaired) electrons. The topological polar surface area (TPSA) is 80.5 Å². The van der Waals surface area contributed by atoms with E-state index < -0.39 is 4.92 Å². The largest absolute Gasteiger partial charge is 0.380 e. The minimum atomic E-state index is -0.465. The number of rotatable bonds is 5. The van der Waals surface area contributed by atoms with Gasteiger partial charge in [0.25, 0.3) is 5.69 Å². The summed E-state index contributed by atoms with van der Waals surface area (Å²) in [5.41, 5.74) is 1.66. The Morgan fingerprint density at radius 1 is 1.33 bits per heavy atom. The fraction of sp³-hybridized carbons (Fsp3) is 0.312. The Labute approximate surface area is 144 Å². The van der Waals surface area contributed by atoms with E-state index in [0.717, 1.165) is 24.5 Å². The van der Waals surface area contributed by atoms with Gasteiger partial charge < -0.3 is 15.0 Å². The van der Waals surface area contributed by atoms with Crippen molar-refractivity contribution in [2.75, 3.05) is 36.5 Å². The van der Waals surface area contributed by atoms with Gasteiger partial charge in [0.15, 0.2) is 0 Å². The molecular weight excluding hydrogens is 332 g/mol.